The molecule has 138 valence electrons. The van der Waals surface area contributed by atoms with Crippen LogP contribution in [-0.4, -0.2) is 16.8 Å². The third-order valence-corrected chi connectivity index (χ3v) is 5.58. The average molecular weight is 379 g/mol. The Bertz CT molecular complexity index is 1010. The van der Waals surface area contributed by atoms with E-state index in [1.807, 2.05) is 12.1 Å². The molecule has 1 aromatic heterocycles. The standard InChI is InChI=1S/C21H21N3O2S/c1-4-14-8-10-15(11-9-14)21-23-13(3)18(27-21)20(26)24-16-7-5-6-12(2)17(16)19(22)25/h5-11H,4H2,1-3H3,(H2,22,25)(H,24,26). The van der Waals surface area contributed by atoms with Crippen LogP contribution in [0.1, 0.15) is 43.8 Å². The lowest BCUT2D eigenvalue weighted by Crippen LogP contribution is -2.19. The van der Waals surface area contributed by atoms with Crippen LogP contribution < -0.4 is 11.1 Å². The van der Waals surface area contributed by atoms with Crippen LogP contribution in [-0.2, 0) is 6.42 Å². The van der Waals surface area contributed by atoms with Gasteiger partial charge in [-0.05, 0) is 37.5 Å². The van der Waals surface area contributed by atoms with Gasteiger partial charge in [-0.2, -0.15) is 0 Å². The Labute approximate surface area is 162 Å². The third kappa shape index (κ3) is 3.90. The number of carbonyl (C=O) groups excluding carboxylic acids is 2. The number of aromatic nitrogens is 1. The molecule has 6 heteroatoms. The Hall–Kier alpha value is -2.99. The van der Waals surface area contributed by atoms with Gasteiger partial charge >= 0.3 is 0 Å². The van der Waals surface area contributed by atoms with Crippen LogP contribution in [0.15, 0.2) is 42.5 Å². The number of nitrogens with zero attached hydrogens (tertiary/aromatic N) is 1. The molecule has 0 aliphatic rings. The Kier molecular flexibility index (Phi) is 5.37. The van der Waals surface area contributed by atoms with Crippen molar-refractivity contribution in [3.05, 3.63) is 69.7 Å². The summed E-state index contributed by atoms with van der Waals surface area (Å²) in [5.74, 6) is -0.865. The molecule has 2 aromatic carbocycles. The van der Waals surface area contributed by atoms with Crippen LogP contribution in [0.3, 0.4) is 0 Å². The number of hydrogen-bond acceptors (Lipinski definition) is 4. The number of carbonyl (C=O) groups is 2. The van der Waals surface area contributed by atoms with E-state index in [-0.39, 0.29) is 5.91 Å². The third-order valence-electron chi connectivity index (χ3n) is 4.38. The van der Waals surface area contributed by atoms with Crippen LogP contribution in [0.4, 0.5) is 5.69 Å². The summed E-state index contributed by atoms with van der Waals surface area (Å²) < 4.78 is 0. The van der Waals surface area contributed by atoms with Crippen molar-refractivity contribution in [2.24, 2.45) is 5.73 Å². The second-order valence-electron chi connectivity index (χ2n) is 6.30. The van der Waals surface area contributed by atoms with Crippen molar-refractivity contribution in [1.82, 2.24) is 4.98 Å². The molecular formula is C21H21N3O2S. The van der Waals surface area contributed by atoms with Gasteiger partial charge in [-0.1, -0.05) is 43.3 Å². The molecule has 0 aliphatic heterocycles. The zero-order valence-electron chi connectivity index (χ0n) is 15.5. The van der Waals surface area contributed by atoms with Crippen molar-refractivity contribution < 1.29 is 9.59 Å². The van der Waals surface area contributed by atoms with Crippen molar-refractivity contribution in [3.8, 4) is 10.6 Å². The van der Waals surface area contributed by atoms with Gasteiger partial charge in [0.1, 0.15) is 9.88 Å². The number of anilines is 1. The van der Waals surface area contributed by atoms with E-state index in [2.05, 4.69) is 29.4 Å². The number of nitrogens with one attached hydrogen (secondary N) is 1. The first-order chi connectivity index (χ1) is 12.9. The van der Waals surface area contributed by atoms with E-state index in [0.29, 0.717) is 21.8 Å². The molecular weight excluding hydrogens is 358 g/mol. The largest absolute Gasteiger partial charge is 0.366 e. The minimum atomic E-state index is -0.568. The molecule has 0 atom stereocenters. The molecule has 3 N–H and O–H groups in total. The summed E-state index contributed by atoms with van der Waals surface area (Å²) in [5, 5.41) is 3.59. The van der Waals surface area contributed by atoms with Crippen molar-refractivity contribution in [3.63, 3.8) is 0 Å². The van der Waals surface area contributed by atoms with Gasteiger partial charge in [0.05, 0.1) is 16.9 Å². The summed E-state index contributed by atoms with van der Waals surface area (Å²) in [4.78, 5) is 29.6. The summed E-state index contributed by atoms with van der Waals surface area (Å²) in [6.07, 6.45) is 0.976. The van der Waals surface area contributed by atoms with E-state index >= 15 is 0 Å². The van der Waals surface area contributed by atoms with Crippen molar-refractivity contribution in [1.29, 1.82) is 0 Å². The Balaban J connectivity index is 1.89. The smallest absolute Gasteiger partial charge is 0.267 e. The lowest BCUT2D eigenvalue weighted by Gasteiger charge is -2.10. The number of amides is 2. The number of hydrogen-bond donors (Lipinski definition) is 2. The van der Waals surface area contributed by atoms with E-state index in [9.17, 15) is 9.59 Å². The highest BCUT2D eigenvalue weighted by Crippen LogP contribution is 2.29. The second kappa shape index (κ2) is 7.72. The number of benzene rings is 2. The van der Waals surface area contributed by atoms with E-state index in [1.165, 1.54) is 16.9 Å². The second-order valence-corrected chi connectivity index (χ2v) is 7.30. The molecule has 0 aliphatic carbocycles. The normalized spacial score (nSPS) is 10.6. The molecule has 0 radical (unpaired) electrons. The molecule has 0 saturated heterocycles. The van der Waals surface area contributed by atoms with Crippen molar-refractivity contribution in [2.45, 2.75) is 27.2 Å². The van der Waals surface area contributed by atoms with Crippen LogP contribution >= 0.6 is 11.3 Å². The molecule has 0 bridgehead atoms. The van der Waals surface area contributed by atoms with Gasteiger partial charge in [-0.3, -0.25) is 9.59 Å². The molecule has 2 amide bonds. The van der Waals surface area contributed by atoms with Gasteiger partial charge in [0.2, 0.25) is 0 Å². The molecule has 3 rings (SSSR count). The maximum atomic E-state index is 12.8. The summed E-state index contributed by atoms with van der Waals surface area (Å²) in [7, 11) is 0. The monoisotopic (exact) mass is 379 g/mol. The topological polar surface area (TPSA) is 85.1 Å². The fourth-order valence-electron chi connectivity index (χ4n) is 2.89. The van der Waals surface area contributed by atoms with E-state index in [4.69, 9.17) is 5.73 Å². The predicted molar refractivity (Wildman–Crippen MR) is 109 cm³/mol. The van der Waals surface area contributed by atoms with Gasteiger partial charge < -0.3 is 11.1 Å². The zero-order valence-corrected chi connectivity index (χ0v) is 16.3. The highest BCUT2D eigenvalue weighted by atomic mass is 32.1. The van der Waals surface area contributed by atoms with Crippen molar-refractivity contribution in [2.75, 3.05) is 5.32 Å². The SMILES string of the molecule is CCc1ccc(-c2nc(C)c(C(=O)Nc3cccc(C)c3C(N)=O)s2)cc1. The van der Waals surface area contributed by atoms with Gasteiger partial charge in [0, 0.05) is 5.56 Å². The maximum absolute atomic E-state index is 12.8. The van der Waals surface area contributed by atoms with Gasteiger partial charge in [0.25, 0.3) is 11.8 Å². The van der Waals surface area contributed by atoms with Gasteiger partial charge in [-0.25, -0.2) is 4.98 Å². The molecule has 3 aromatic rings. The van der Waals surface area contributed by atoms with Gasteiger partial charge in [0.15, 0.2) is 0 Å². The van der Waals surface area contributed by atoms with Gasteiger partial charge in [-0.15, -0.1) is 11.3 Å². The molecule has 27 heavy (non-hydrogen) atoms. The van der Waals surface area contributed by atoms with Crippen LogP contribution in [0, 0.1) is 13.8 Å². The van der Waals surface area contributed by atoms with Crippen LogP contribution in [0.2, 0.25) is 0 Å². The van der Waals surface area contributed by atoms with E-state index in [0.717, 1.165) is 22.6 Å². The predicted octanol–water partition coefficient (Wildman–Crippen LogP) is 4.34. The lowest BCUT2D eigenvalue weighted by molar-refractivity contribution is 0.100. The summed E-state index contributed by atoms with van der Waals surface area (Å²) >= 11 is 1.33. The number of nitrogens with two attached hydrogens (primary N) is 1. The van der Waals surface area contributed by atoms with E-state index < -0.39 is 5.91 Å². The quantitative estimate of drug-likeness (QED) is 0.691. The minimum Gasteiger partial charge on any atom is -0.366 e. The van der Waals surface area contributed by atoms with Crippen LogP contribution in [0.5, 0.6) is 0 Å². The molecule has 0 unspecified atom stereocenters. The summed E-state index contributed by atoms with van der Waals surface area (Å²) in [6.45, 7) is 5.70. The summed E-state index contributed by atoms with van der Waals surface area (Å²) in [6, 6.07) is 13.4. The highest BCUT2D eigenvalue weighted by molar-refractivity contribution is 7.17. The number of thiazole rings is 1. The minimum absolute atomic E-state index is 0.297. The Morgan fingerprint density at radius 1 is 1.11 bits per heavy atom. The highest BCUT2D eigenvalue weighted by Gasteiger charge is 2.19. The Morgan fingerprint density at radius 2 is 1.81 bits per heavy atom. The lowest BCUT2D eigenvalue weighted by atomic mass is 10.1. The first-order valence-electron chi connectivity index (χ1n) is 8.68. The zero-order chi connectivity index (χ0) is 19.6. The fraction of sp³-hybridized carbons (Fsp3) is 0.190. The van der Waals surface area contributed by atoms with Crippen LogP contribution in [0.25, 0.3) is 10.6 Å². The molecule has 0 saturated carbocycles. The Morgan fingerprint density at radius 3 is 2.44 bits per heavy atom. The maximum Gasteiger partial charge on any atom is 0.267 e. The van der Waals surface area contributed by atoms with E-state index in [1.54, 1.807) is 32.0 Å². The molecule has 0 fully saturated rings. The number of primary amides is 1. The molecule has 0 spiro atoms. The first kappa shape index (κ1) is 18.8. The average Bonchev–Trinajstić information content (AvgIpc) is 3.03. The summed E-state index contributed by atoms with van der Waals surface area (Å²) in [5.41, 5.74) is 9.80. The number of rotatable bonds is 5. The number of aryl methyl sites for hydroxylation is 3. The first-order valence-corrected chi connectivity index (χ1v) is 9.49. The fourth-order valence-corrected chi connectivity index (χ4v) is 3.86. The molecule has 5 nitrogen and oxygen atoms in total. The van der Waals surface area contributed by atoms with Crippen molar-refractivity contribution >= 4 is 28.8 Å². The molecule has 1 heterocycles.